The van der Waals surface area contributed by atoms with Gasteiger partial charge >= 0.3 is 18.2 Å². The fourth-order valence-corrected chi connectivity index (χ4v) is 4.58. The molecule has 1 aliphatic rings. The lowest BCUT2D eigenvalue weighted by atomic mass is 10.0. The molecule has 0 spiro atoms. The number of alkyl halides is 3. The number of hydrogen-bond acceptors (Lipinski definition) is 6. The number of rotatable bonds is 10. The molecule has 7 nitrogen and oxygen atoms in total. The molecule has 0 aliphatic carbocycles. The van der Waals surface area contributed by atoms with Crippen molar-refractivity contribution in [3.8, 4) is 17.2 Å². The molecule has 1 fully saturated rings. The van der Waals surface area contributed by atoms with Gasteiger partial charge in [-0.1, -0.05) is 42.5 Å². The molecule has 0 N–H and O–H groups in total. The van der Waals surface area contributed by atoms with Crippen LogP contribution in [0, 0.1) is 0 Å². The maximum atomic E-state index is 14.2. The predicted molar refractivity (Wildman–Crippen MR) is 140 cm³/mol. The minimum atomic E-state index is -4.71. The lowest BCUT2D eigenvalue weighted by Gasteiger charge is -2.25. The van der Waals surface area contributed by atoms with E-state index < -0.39 is 42.5 Å². The second kappa shape index (κ2) is 12.3. The molecular weight excluding hydrogens is 527 g/mol. The van der Waals surface area contributed by atoms with Gasteiger partial charge in [0.1, 0.15) is 11.9 Å². The van der Waals surface area contributed by atoms with Gasteiger partial charge < -0.3 is 18.9 Å². The van der Waals surface area contributed by atoms with E-state index in [-0.39, 0.29) is 42.4 Å². The van der Waals surface area contributed by atoms with E-state index >= 15 is 0 Å². The standard InChI is InChI=1S/C30H30F3NO6/c1-4-37-25-15-14-20(17-27(35)38-5-2)16-26(25)39-24-13-9-12-23(30(31,32)33)22(24)18-34-19(3)28(40-29(34)36)21-10-7-6-8-11-21/h6-16,19,28H,4-5,17-18H2,1-3H3. The summed E-state index contributed by atoms with van der Waals surface area (Å²) in [5.41, 5.74) is 0.110. The Morgan fingerprint density at radius 2 is 1.70 bits per heavy atom. The van der Waals surface area contributed by atoms with Crippen molar-refractivity contribution in [2.24, 2.45) is 0 Å². The molecule has 2 atom stereocenters. The Labute approximate surface area is 230 Å². The average Bonchev–Trinajstić information content (AvgIpc) is 3.19. The van der Waals surface area contributed by atoms with E-state index in [0.29, 0.717) is 5.56 Å². The average molecular weight is 558 g/mol. The Hall–Kier alpha value is -4.21. The summed E-state index contributed by atoms with van der Waals surface area (Å²) in [5, 5.41) is 0. The van der Waals surface area contributed by atoms with Crippen molar-refractivity contribution < 1.29 is 41.7 Å². The van der Waals surface area contributed by atoms with Gasteiger partial charge in [0.25, 0.3) is 0 Å². The lowest BCUT2D eigenvalue weighted by Crippen LogP contribution is -2.32. The van der Waals surface area contributed by atoms with Crippen LogP contribution < -0.4 is 9.47 Å². The normalized spacial score (nSPS) is 16.9. The van der Waals surface area contributed by atoms with Gasteiger partial charge in [-0.05, 0) is 56.2 Å². The van der Waals surface area contributed by atoms with Crippen molar-refractivity contribution in [2.75, 3.05) is 13.2 Å². The van der Waals surface area contributed by atoms with E-state index in [2.05, 4.69) is 0 Å². The van der Waals surface area contributed by atoms with E-state index in [4.69, 9.17) is 18.9 Å². The summed E-state index contributed by atoms with van der Waals surface area (Å²) in [6, 6.07) is 16.9. The zero-order valence-corrected chi connectivity index (χ0v) is 22.4. The van der Waals surface area contributed by atoms with Crippen molar-refractivity contribution in [2.45, 2.75) is 52.1 Å². The Morgan fingerprint density at radius 3 is 2.38 bits per heavy atom. The van der Waals surface area contributed by atoms with Crippen LogP contribution >= 0.6 is 0 Å². The molecule has 1 heterocycles. The summed E-state index contributed by atoms with van der Waals surface area (Å²) < 4.78 is 64.8. The lowest BCUT2D eigenvalue weighted by molar-refractivity contribution is -0.142. The van der Waals surface area contributed by atoms with Crippen LogP contribution in [0.2, 0.25) is 0 Å². The SMILES string of the molecule is CCOC(=O)Cc1ccc(OCC)c(Oc2cccc(C(F)(F)F)c2CN2C(=O)OC(c3ccccc3)C2C)c1. The van der Waals surface area contributed by atoms with Gasteiger partial charge in [-0.15, -0.1) is 0 Å². The zero-order valence-electron chi connectivity index (χ0n) is 22.4. The van der Waals surface area contributed by atoms with E-state index in [9.17, 15) is 22.8 Å². The first-order valence-corrected chi connectivity index (χ1v) is 12.9. The number of hydrogen-bond donors (Lipinski definition) is 0. The van der Waals surface area contributed by atoms with Crippen molar-refractivity contribution in [1.82, 2.24) is 4.90 Å². The molecule has 212 valence electrons. The highest BCUT2D eigenvalue weighted by Gasteiger charge is 2.42. The molecule has 4 rings (SSSR count). The Bertz CT molecular complexity index is 1350. The quantitative estimate of drug-likeness (QED) is 0.248. The highest BCUT2D eigenvalue weighted by molar-refractivity contribution is 5.73. The van der Waals surface area contributed by atoms with Crippen LogP contribution in [0.4, 0.5) is 18.0 Å². The number of carbonyl (C=O) groups is 2. The van der Waals surface area contributed by atoms with Crippen molar-refractivity contribution in [3.63, 3.8) is 0 Å². The first kappa shape index (κ1) is 28.8. The molecule has 0 aromatic heterocycles. The zero-order chi connectivity index (χ0) is 28.9. The van der Waals surface area contributed by atoms with Gasteiger partial charge in [0.15, 0.2) is 11.5 Å². The van der Waals surface area contributed by atoms with Crippen molar-refractivity contribution >= 4 is 12.1 Å². The molecule has 2 unspecified atom stereocenters. The Kier molecular flexibility index (Phi) is 8.86. The van der Waals surface area contributed by atoms with Crippen molar-refractivity contribution in [1.29, 1.82) is 0 Å². The first-order chi connectivity index (χ1) is 19.1. The number of amides is 1. The highest BCUT2D eigenvalue weighted by Crippen LogP contribution is 2.42. The maximum absolute atomic E-state index is 14.2. The molecule has 10 heteroatoms. The van der Waals surface area contributed by atoms with Crippen LogP contribution in [0.25, 0.3) is 0 Å². The van der Waals surface area contributed by atoms with Crippen LogP contribution in [0.1, 0.15) is 49.1 Å². The van der Waals surface area contributed by atoms with Crippen LogP contribution in [-0.4, -0.2) is 36.2 Å². The van der Waals surface area contributed by atoms with Gasteiger partial charge in [-0.3, -0.25) is 9.69 Å². The van der Waals surface area contributed by atoms with E-state index in [0.717, 1.165) is 11.6 Å². The summed E-state index contributed by atoms with van der Waals surface area (Å²) in [7, 11) is 0. The molecule has 1 saturated heterocycles. The molecule has 3 aromatic carbocycles. The fraction of sp³-hybridized carbons (Fsp3) is 0.333. The van der Waals surface area contributed by atoms with Gasteiger partial charge in [-0.2, -0.15) is 13.2 Å². The molecule has 0 saturated carbocycles. The van der Waals surface area contributed by atoms with E-state index in [1.54, 1.807) is 57.2 Å². The first-order valence-electron chi connectivity index (χ1n) is 12.9. The van der Waals surface area contributed by atoms with Crippen LogP contribution in [0.3, 0.4) is 0 Å². The Balaban J connectivity index is 1.71. The smallest absolute Gasteiger partial charge is 0.416 e. The van der Waals surface area contributed by atoms with Gasteiger partial charge in [0.2, 0.25) is 0 Å². The summed E-state index contributed by atoms with van der Waals surface area (Å²) in [6.07, 6.45) is -6.13. The molecule has 1 aliphatic heterocycles. The monoisotopic (exact) mass is 557 g/mol. The number of esters is 1. The molecule has 0 bridgehead atoms. The third-order valence-corrected chi connectivity index (χ3v) is 6.47. The second-order valence-electron chi connectivity index (χ2n) is 9.16. The van der Waals surface area contributed by atoms with E-state index in [1.807, 2.05) is 6.07 Å². The number of carbonyl (C=O) groups excluding carboxylic acids is 2. The molecule has 1 amide bonds. The molecule has 3 aromatic rings. The largest absolute Gasteiger partial charge is 0.490 e. The highest BCUT2D eigenvalue weighted by atomic mass is 19.4. The molecule has 40 heavy (non-hydrogen) atoms. The fourth-order valence-electron chi connectivity index (χ4n) is 4.58. The summed E-state index contributed by atoms with van der Waals surface area (Å²) in [5.74, 6) is -0.140. The summed E-state index contributed by atoms with van der Waals surface area (Å²) in [6.45, 7) is 5.27. The van der Waals surface area contributed by atoms with Crippen LogP contribution in [-0.2, 0) is 33.4 Å². The van der Waals surface area contributed by atoms with E-state index in [1.165, 1.54) is 23.1 Å². The third-order valence-electron chi connectivity index (χ3n) is 6.47. The number of halogens is 3. The Morgan fingerprint density at radius 1 is 0.950 bits per heavy atom. The molecule has 0 radical (unpaired) electrons. The summed E-state index contributed by atoms with van der Waals surface area (Å²) >= 11 is 0. The predicted octanol–water partition coefficient (Wildman–Crippen LogP) is 7.08. The third kappa shape index (κ3) is 6.50. The minimum Gasteiger partial charge on any atom is -0.490 e. The van der Waals surface area contributed by atoms with Gasteiger partial charge in [0, 0.05) is 5.56 Å². The minimum absolute atomic E-state index is 0.0515. The maximum Gasteiger partial charge on any atom is 0.416 e. The number of cyclic esters (lactones) is 1. The van der Waals surface area contributed by atoms with Crippen LogP contribution in [0.5, 0.6) is 17.2 Å². The topological polar surface area (TPSA) is 74.3 Å². The second-order valence-corrected chi connectivity index (χ2v) is 9.16. The van der Waals surface area contributed by atoms with Gasteiger partial charge in [0.05, 0.1) is 37.8 Å². The number of benzene rings is 3. The van der Waals surface area contributed by atoms with Crippen LogP contribution in [0.15, 0.2) is 66.7 Å². The van der Waals surface area contributed by atoms with Gasteiger partial charge in [-0.25, -0.2) is 4.79 Å². The summed E-state index contributed by atoms with van der Waals surface area (Å²) in [4.78, 5) is 26.1. The van der Waals surface area contributed by atoms with Crippen molar-refractivity contribution in [3.05, 3.63) is 89.0 Å². The number of nitrogens with zero attached hydrogens (tertiary/aromatic N) is 1. The number of ether oxygens (including phenoxy) is 4. The molecular formula is C30H30F3NO6.